The molecule has 0 N–H and O–H groups in total. The van der Waals surface area contributed by atoms with E-state index in [-0.39, 0.29) is 5.97 Å². The van der Waals surface area contributed by atoms with Crippen molar-refractivity contribution in [3.8, 4) is 0 Å². The van der Waals surface area contributed by atoms with E-state index < -0.39 is 0 Å². The number of carbonyl (C=O) groups is 1. The molecule has 0 saturated carbocycles. The number of ether oxygens (including phenoxy) is 1. The Balaban J connectivity index is 1.66. The fourth-order valence-corrected chi connectivity index (χ4v) is 4.33. The minimum atomic E-state index is -0.316. The van der Waals surface area contributed by atoms with Crippen LogP contribution in [0.4, 0.5) is 0 Å². The molecule has 26 heavy (non-hydrogen) atoms. The second-order valence-electron chi connectivity index (χ2n) is 6.39. The average Bonchev–Trinajstić information content (AvgIpc) is 3.20. The Labute approximate surface area is 155 Å². The molecule has 4 heterocycles. The number of thioether (sulfide) groups is 1. The molecule has 3 aromatic heterocycles. The summed E-state index contributed by atoms with van der Waals surface area (Å²) in [5.74, 6) is 0.795. The fraction of sp³-hybridized carbons (Fsp3) is 0.471. The van der Waals surface area contributed by atoms with Crippen molar-refractivity contribution in [3.63, 3.8) is 0 Å². The molecule has 0 fully saturated rings. The first-order valence-electron chi connectivity index (χ1n) is 8.57. The van der Waals surface area contributed by atoms with Crippen LogP contribution in [0.1, 0.15) is 46.0 Å². The van der Waals surface area contributed by atoms with E-state index in [1.807, 2.05) is 29.0 Å². The Bertz CT molecular complexity index is 993. The van der Waals surface area contributed by atoms with Crippen molar-refractivity contribution in [1.29, 1.82) is 0 Å². The van der Waals surface area contributed by atoms with E-state index in [1.54, 1.807) is 0 Å². The standard InChI is InChI=1S/C17H20N6O2S/c1-10-8-11(2)23-16(18-10)19-20-17(23)26-9-12-14(15(24)25-3)13-6-4-5-7-22(13)21-12/h8H,4-7,9H2,1-3H3. The number of esters is 1. The zero-order valence-corrected chi connectivity index (χ0v) is 15.8. The van der Waals surface area contributed by atoms with E-state index in [2.05, 4.69) is 20.3 Å². The lowest BCUT2D eigenvalue weighted by molar-refractivity contribution is 0.0598. The van der Waals surface area contributed by atoms with E-state index in [9.17, 15) is 4.79 Å². The zero-order chi connectivity index (χ0) is 18.3. The first-order valence-corrected chi connectivity index (χ1v) is 9.56. The maximum Gasteiger partial charge on any atom is 0.341 e. The van der Waals surface area contributed by atoms with Crippen LogP contribution in [-0.2, 0) is 23.5 Å². The largest absolute Gasteiger partial charge is 0.465 e. The molecule has 0 aromatic carbocycles. The predicted molar refractivity (Wildman–Crippen MR) is 96.3 cm³/mol. The lowest BCUT2D eigenvalue weighted by Gasteiger charge is -2.13. The number of hydrogen-bond acceptors (Lipinski definition) is 7. The Morgan fingerprint density at radius 1 is 1.31 bits per heavy atom. The van der Waals surface area contributed by atoms with Crippen molar-refractivity contribution < 1.29 is 9.53 Å². The van der Waals surface area contributed by atoms with Gasteiger partial charge in [-0.05, 0) is 39.2 Å². The van der Waals surface area contributed by atoms with Crippen molar-refractivity contribution in [2.24, 2.45) is 0 Å². The van der Waals surface area contributed by atoms with Crippen LogP contribution in [0.3, 0.4) is 0 Å². The third-order valence-electron chi connectivity index (χ3n) is 4.55. The Hall–Kier alpha value is -2.42. The van der Waals surface area contributed by atoms with E-state index in [1.165, 1.54) is 18.9 Å². The third-order valence-corrected chi connectivity index (χ3v) is 5.49. The van der Waals surface area contributed by atoms with Crippen LogP contribution in [0.5, 0.6) is 0 Å². The molecule has 0 radical (unpaired) electrons. The Kier molecular flexibility index (Phi) is 4.39. The molecule has 0 aliphatic carbocycles. The van der Waals surface area contributed by atoms with Crippen LogP contribution in [-0.4, -0.2) is 42.4 Å². The molecule has 136 valence electrons. The van der Waals surface area contributed by atoms with Gasteiger partial charge in [0.25, 0.3) is 5.78 Å². The zero-order valence-electron chi connectivity index (χ0n) is 15.0. The molecular weight excluding hydrogens is 352 g/mol. The van der Waals surface area contributed by atoms with Gasteiger partial charge in [0.2, 0.25) is 0 Å². The number of nitrogens with zero attached hydrogens (tertiary/aromatic N) is 6. The van der Waals surface area contributed by atoms with Gasteiger partial charge in [0.05, 0.1) is 18.5 Å². The normalized spacial score (nSPS) is 13.8. The highest BCUT2D eigenvalue weighted by Gasteiger charge is 2.26. The maximum absolute atomic E-state index is 12.3. The predicted octanol–water partition coefficient (Wildman–Crippen LogP) is 2.35. The van der Waals surface area contributed by atoms with E-state index in [0.29, 0.717) is 17.1 Å². The summed E-state index contributed by atoms with van der Waals surface area (Å²) in [4.78, 5) is 16.7. The van der Waals surface area contributed by atoms with Gasteiger partial charge in [-0.3, -0.25) is 9.08 Å². The van der Waals surface area contributed by atoms with Crippen molar-refractivity contribution >= 4 is 23.5 Å². The number of hydrogen-bond donors (Lipinski definition) is 0. The van der Waals surface area contributed by atoms with Crippen LogP contribution < -0.4 is 0 Å². The van der Waals surface area contributed by atoms with Crippen LogP contribution in [0.2, 0.25) is 0 Å². The molecule has 0 bridgehead atoms. The molecule has 0 saturated heterocycles. The molecule has 3 aromatic rings. The summed E-state index contributed by atoms with van der Waals surface area (Å²) < 4.78 is 8.87. The summed E-state index contributed by atoms with van der Waals surface area (Å²) >= 11 is 1.50. The Morgan fingerprint density at radius 3 is 2.96 bits per heavy atom. The van der Waals surface area contributed by atoms with Crippen molar-refractivity contribution in [2.75, 3.05) is 7.11 Å². The Morgan fingerprint density at radius 2 is 2.15 bits per heavy atom. The smallest absolute Gasteiger partial charge is 0.341 e. The van der Waals surface area contributed by atoms with Gasteiger partial charge in [-0.25, -0.2) is 9.78 Å². The highest BCUT2D eigenvalue weighted by Crippen LogP contribution is 2.28. The second-order valence-corrected chi connectivity index (χ2v) is 7.33. The molecule has 0 amide bonds. The second kappa shape index (κ2) is 6.71. The lowest BCUT2D eigenvalue weighted by atomic mass is 10.1. The highest BCUT2D eigenvalue weighted by molar-refractivity contribution is 7.98. The topological polar surface area (TPSA) is 87.2 Å². The molecule has 4 rings (SSSR count). The van der Waals surface area contributed by atoms with Gasteiger partial charge < -0.3 is 4.74 Å². The minimum absolute atomic E-state index is 0.316. The molecule has 1 aliphatic rings. The summed E-state index contributed by atoms with van der Waals surface area (Å²) in [6, 6.07) is 2.00. The quantitative estimate of drug-likeness (QED) is 0.513. The average molecular weight is 372 g/mol. The van der Waals surface area contributed by atoms with Crippen LogP contribution >= 0.6 is 11.8 Å². The summed E-state index contributed by atoms with van der Waals surface area (Å²) in [6.07, 6.45) is 3.01. The van der Waals surface area contributed by atoms with Crippen molar-refractivity contribution in [2.45, 2.75) is 50.6 Å². The maximum atomic E-state index is 12.3. The van der Waals surface area contributed by atoms with Crippen molar-refractivity contribution in [1.82, 2.24) is 29.4 Å². The summed E-state index contributed by atoms with van der Waals surface area (Å²) in [5.41, 5.74) is 4.27. The van der Waals surface area contributed by atoms with Crippen LogP contribution in [0.15, 0.2) is 11.2 Å². The van der Waals surface area contributed by atoms with Crippen molar-refractivity contribution in [3.05, 3.63) is 34.4 Å². The van der Waals surface area contributed by atoms with E-state index in [0.717, 1.165) is 53.7 Å². The summed E-state index contributed by atoms with van der Waals surface area (Å²) in [7, 11) is 1.41. The molecule has 1 aliphatic heterocycles. The molecular formula is C17H20N6O2S. The van der Waals surface area contributed by atoms with Gasteiger partial charge in [0, 0.05) is 23.7 Å². The van der Waals surface area contributed by atoms with Gasteiger partial charge in [0.15, 0.2) is 5.16 Å². The number of methoxy groups -OCH3 is 1. The number of aryl methyl sites for hydroxylation is 3. The third kappa shape index (κ3) is 2.86. The first-order chi connectivity index (χ1) is 12.6. The van der Waals surface area contributed by atoms with Gasteiger partial charge in [-0.2, -0.15) is 5.10 Å². The highest BCUT2D eigenvalue weighted by atomic mass is 32.2. The number of fused-ring (bicyclic) bond motifs is 2. The summed E-state index contributed by atoms with van der Waals surface area (Å²) in [5, 5.41) is 13.8. The molecule has 0 spiro atoms. The monoisotopic (exact) mass is 372 g/mol. The molecule has 9 heteroatoms. The van der Waals surface area contributed by atoms with E-state index in [4.69, 9.17) is 4.74 Å². The SMILES string of the molecule is COC(=O)c1c(CSc2nnc3nc(C)cc(C)n23)nn2c1CCCC2. The number of aromatic nitrogens is 6. The fourth-order valence-electron chi connectivity index (χ4n) is 3.41. The van der Waals surface area contributed by atoms with E-state index >= 15 is 0 Å². The summed E-state index contributed by atoms with van der Waals surface area (Å²) in [6.45, 7) is 4.79. The van der Waals surface area contributed by atoms with Gasteiger partial charge in [-0.15, -0.1) is 10.2 Å². The van der Waals surface area contributed by atoms with Gasteiger partial charge in [0.1, 0.15) is 5.56 Å². The van der Waals surface area contributed by atoms with Gasteiger partial charge in [-0.1, -0.05) is 11.8 Å². The lowest BCUT2D eigenvalue weighted by Crippen LogP contribution is -2.14. The van der Waals surface area contributed by atoms with Crippen LogP contribution in [0, 0.1) is 13.8 Å². The number of carbonyl (C=O) groups excluding carboxylic acids is 1. The molecule has 0 unspecified atom stereocenters. The van der Waals surface area contributed by atoms with Gasteiger partial charge >= 0.3 is 5.97 Å². The molecule has 8 nitrogen and oxygen atoms in total. The first kappa shape index (κ1) is 17.0. The molecule has 0 atom stereocenters. The number of rotatable bonds is 4. The van der Waals surface area contributed by atoms with Crippen LogP contribution in [0.25, 0.3) is 5.78 Å². The minimum Gasteiger partial charge on any atom is -0.465 e.